The van der Waals surface area contributed by atoms with Crippen molar-refractivity contribution in [1.29, 1.82) is 0 Å². The molecule has 60 valence electrons. The maximum absolute atomic E-state index is 9.97. The fourth-order valence-corrected chi connectivity index (χ4v) is 0.465. The molecule has 0 aliphatic heterocycles. The van der Waals surface area contributed by atoms with E-state index in [4.69, 9.17) is 0 Å². The van der Waals surface area contributed by atoms with Crippen LogP contribution >= 0.6 is 0 Å². The molecule has 9 nitrogen and oxygen atoms in total. The Hall–Kier alpha value is -0.424. The molecule has 10 heteroatoms. The van der Waals surface area contributed by atoms with Crippen molar-refractivity contribution in [3.05, 3.63) is 20.2 Å². The van der Waals surface area contributed by atoms with Crippen LogP contribution in [0.15, 0.2) is 0 Å². The maximum Gasteiger partial charge on any atom is 1.00 e. The standard InChI is InChI=1S/C2HN5O4.K.H/c8-6(9)1-2(7(10)11)4-5-3-1;;/h(H,3,4,5);;/q;+1;-1. The van der Waals surface area contributed by atoms with Crippen molar-refractivity contribution in [2.24, 2.45) is 0 Å². The summed E-state index contributed by atoms with van der Waals surface area (Å²) in [5.41, 5.74) is 0. The Bertz CT molecular complexity index is 285. The molecule has 0 fully saturated rings. The Kier molecular flexibility index (Phi) is 4.40. The Balaban J connectivity index is 0. The van der Waals surface area contributed by atoms with Crippen LogP contribution in [0.1, 0.15) is 1.43 Å². The van der Waals surface area contributed by atoms with Gasteiger partial charge in [-0.25, -0.2) is 0 Å². The van der Waals surface area contributed by atoms with Gasteiger partial charge in [-0.05, 0) is 15.1 Å². The first kappa shape index (κ1) is 11.6. The van der Waals surface area contributed by atoms with E-state index in [2.05, 4.69) is 10.2 Å². The van der Waals surface area contributed by atoms with Gasteiger partial charge in [0.15, 0.2) is 0 Å². The minimum atomic E-state index is -0.984. The van der Waals surface area contributed by atoms with E-state index in [1.807, 2.05) is 0 Å². The number of hydrogen-bond donors (Lipinski definition) is 1. The van der Waals surface area contributed by atoms with E-state index in [-0.39, 0.29) is 52.8 Å². The Morgan fingerprint density at radius 3 is 1.75 bits per heavy atom. The minimum absolute atomic E-state index is 0. The van der Waals surface area contributed by atoms with Crippen molar-refractivity contribution in [2.45, 2.75) is 0 Å². The molecule has 0 spiro atoms. The van der Waals surface area contributed by atoms with Crippen LogP contribution in [0.4, 0.5) is 11.6 Å². The maximum atomic E-state index is 9.97. The van der Waals surface area contributed by atoms with Gasteiger partial charge in [-0.2, -0.15) is 0 Å². The number of nitro groups is 2. The third-order valence-electron chi connectivity index (χ3n) is 0.858. The number of nitrogens with zero attached hydrogens (tertiary/aromatic N) is 4. The summed E-state index contributed by atoms with van der Waals surface area (Å²) >= 11 is 0. The summed E-state index contributed by atoms with van der Waals surface area (Å²) in [5.74, 6) is -1.76. The van der Waals surface area contributed by atoms with Crippen molar-refractivity contribution in [1.82, 2.24) is 15.4 Å². The van der Waals surface area contributed by atoms with Crippen LogP contribution in [0.25, 0.3) is 0 Å². The van der Waals surface area contributed by atoms with Gasteiger partial charge in [0.2, 0.25) is 0 Å². The molecule has 1 heterocycles. The largest absolute Gasteiger partial charge is 1.00 e. The van der Waals surface area contributed by atoms with E-state index in [1.165, 1.54) is 0 Å². The number of nitrogens with one attached hydrogen (secondary N) is 1. The van der Waals surface area contributed by atoms with Crippen molar-refractivity contribution in [2.75, 3.05) is 0 Å². The van der Waals surface area contributed by atoms with Crippen LogP contribution in [0.5, 0.6) is 0 Å². The molecule has 0 saturated carbocycles. The molecule has 0 unspecified atom stereocenters. The zero-order valence-electron chi connectivity index (χ0n) is 6.92. The molecule has 12 heavy (non-hydrogen) atoms. The Labute approximate surface area is 109 Å². The third kappa shape index (κ3) is 2.28. The summed E-state index contributed by atoms with van der Waals surface area (Å²) < 4.78 is 0. The SMILES string of the molecule is O=[N+]([O-])c1n[nH]nc1[N+](=O)[O-].[H-].[K+]. The second-order valence-corrected chi connectivity index (χ2v) is 1.49. The Morgan fingerprint density at radius 1 is 1.17 bits per heavy atom. The van der Waals surface area contributed by atoms with Gasteiger partial charge >= 0.3 is 63.0 Å². The third-order valence-corrected chi connectivity index (χ3v) is 0.858. The summed E-state index contributed by atoms with van der Waals surface area (Å²) in [5, 5.41) is 27.6. The minimum Gasteiger partial charge on any atom is -1.00 e. The van der Waals surface area contributed by atoms with Gasteiger partial charge in [-0.15, -0.1) is 0 Å². The number of aromatic nitrogens is 3. The van der Waals surface area contributed by atoms with Crippen molar-refractivity contribution >= 4 is 11.6 Å². The summed E-state index contributed by atoms with van der Waals surface area (Å²) in [7, 11) is 0. The van der Waals surface area contributed by atoms with Gasteiger partial charge in [0, 0.05) is 0 Å². The van der Waals surface area contributed by atoms with Gasteiger partial charge in [-0.1, -0.05) is 0 Å². The van der Waals surface area contributed by atoms with Crippen LogP contribution in [-0.2, 0) is 0 Å². The second kappa shape index (κ2) is 4.56. The van der Waals surface area contributed by atoms with E-state index in [0.717, 1.165) is 0 Å². The molecule has 0 aliphatic rings. The second-order valence-electron chi connectivity index (χ2n) is 1.49. The van der Waals surface area contributed by atoms with Gasteiger partial charge in [0.05, 0.1) is 0 Å². The van der Waals surface area contributed by atoms with Gasteiger partial charge in [-0.3, -0.25) is 0 Å². The fraction of sp³-hybridized carbons (Fsp3) is 0. The predicted octanol–water partition coefficient (Wildman–Crippen LogP) is -3.26. The summed E-state index contributed by atoms with van der Waals surface area (Å²) in [6, 6.07) is 0. The number of rotatable bonds is 2. The zero-order valence-corrected chi connectivity index (χ0v) is 9.04. The van der Waals surface area contributed by atoms with Crippen molar-refractivity contribution < 1.29 is 62.7 Å². The molecule has 0 radical (unpaired) electrons. The predicted molar refractivity (Wildman–Crippen MR) is 30.8 cm³/mol. The van der Waals surface area contributed by atoms with Crippen LogP contribution < -0.4 is 51.4 Å². The molecule has 0 aromatic carbocycles. The first-order chi connectivity index (χ1) is 5.13. The van der Waals surface area contributed by atoms with Crippen molar-refractivity contribution in [3.63, 3.8) is 0 Å². The van der Waals surface area contributed by atoms with Crippen LogP contribution in [0.3, 0.4) is 0 Å². The van der Waals surface area contributed by atoms with E-state index in [9.17, 15) is 20.2 Å². The summed E-state index contributed by atoms with van der Waals surface area (Å²) in [6.07, 6.45) is 0. The van der Waals surface area contributed by atoms with Crippen molar-refractivity contribution in [3.8, 4) is 0 Å². The van der Waals surface area contributed by atoms with Crippen LogP contribution in [0.2, 0.25) is 0 Å². The molecule has 0 bridgehead atoms. The Morgan fingerprint density at radius 2 is 1.50 bits per heavy atom. The summed E-state index contributed by atoms with van der Waals surface area (Å²) in [4.78, 5) is 18.0. The first-order valence-electron chi connectivity index (χ1n) is 2.32. The van der Waals surface area contributed by atoms with E-state index in [1.54, 1.807) is 5.21 Å². The molecule has 1 N–H and O–H groups in total. The van der Waals surface area contributed by atoms with Crippen LogP contribution in [-0.4, -0.2) is 25.3 Å². The smallest absolute Gasteiger partial charge is 1.00 e. The van der Waals surface area contributed by atoms with Gasteiger partial charge in [0.25, 0.3) is 0 Å². The first-order valence-corrected chi connectivity index (χ1v) is 2.32. The molecule has 1 rings (SSSR count). The quantitative estimate of drug-likeness (QED) is 0.302. The average Bonchev–Trinajstić information content (AvgIpc) is 2.32. The zero-order chi connectivity index (χ0) is 8.43. The number of aromatic amines is 1. The number of hydrogen-bond acceptors (Lipinski definition) is 6. The topological polar surface area (TPSA) is 128 Å². The molecular formula is C2H2KN5O4. The summed E-state index contributed by atoms with van der Waals surface area (Å²) in [6.45, 7) is 0. The van der Waals surface area contributed by atoms with E-state index in [0.29, 0.717) is 0 Å². The molecule has 1 aromatic heterocycles. The van der Waals surface area contributed by atoms with E-state index >= 15 is 0 Å². The molecule has 0 atom stereocenters. The molecule has 0 amide bonds. The normalized spacial score (nSPS) is 8.67. The molecular weight excluding hydrogens is 197 g/mol. The van der Waals surface area contributed by atoms with Gasteiger partial charge in [0.1, 0.15) is 10.2 Å². The molecule has 1 aromatic rings. The van der Waals surface area contributed by atoms with Crippen LogP contribution in [0, 0.1) is 20.2 Å². The van der Waals surface area contributed by atoms with E-state index < -0.39 is 21.5 Å². The molecule has 0 aliphatic carbocycles. The van der Waals surface area contributed by atoms with Gasteiger partial charge < -0.3 is 21.7 Å². The monoisotopic (exact) mass is 199 g/mol. The fourth-order valence-electron chi connectivity index (χ4n) is 0.465. The average molecular weight is 199 g/mol. The number of H-pyrrole nitrogens is 1. The molecule has 0 saturated heterocycles.